The maximum absolute atomic E-state index is 11.0. The van der Waals surface area contributed by atoms with Crippen LogP contribution in [0, 0.1) is 6.92 Å². The zero-order valence-electron chi connectivity index (χ0n) is 7.27. The first-order valence-electron chi connectivity index (χ1n) is 3.73. The lowest BCUT2D eigenvalue weighted by Crippen LogP contribution is -2.14. The van der Waals surface area contributed by atoms with Crippen molar-refractivity contribution in [2.45, 2.75) is 6.92 Å². The summed E-state index contributed by atoms with van der Waals surface area (Å²) >= 11 is 14.6. The molecule has 0 bridgehead atoms. The third-order valence-electron chi connectivity index (χ3n) is 1.48. The van der Waals surface area contributed by atoms with E-state index >= 15 is 0 Å². The van der Waals surface area contributed by atoms with Crippen molar-refractivity contribution in [3.8, 4) is 0 Å². The van der Waals surface area contributed by atoms with Gasteiger partial charge in [0.15, 0.2) is 5.82 Å². The van der Waals surface area contributed by atoms with Gasteiger partial charge in [0.1, 0.15) is 0 Å². The Morgan fingerprint density at radius 1 is 1.57 bits per heavy atom. The number of alkyl halides is 1. The van der Waals surface area contributed by atoms with Gasteiger partial charge < -0.3 is 5.32 Å². The maximum atomic E-state index is 11.0. The van der Waals surface area contributed by atoms with Crippen LogP contribution in [0.5, 0.6) is 0 Å². The smallest absolute Gasteiger partial charge is 0.236 e. The lowest BCUT2D eigenvalue weighted by molar-refractivity contribution is -0.113. The topological polar surface area (TPSA) is 42.0 Å². The van der Waals surface area contributed by atoms with Gasteiger partial charge in [0.2, 0.25) is 5.91 Å². The molecule has 1 amide bonds. The molecule has 0 aliphatic heterocycles. The van der Waals surface area contributed by atoms with Gasteiger partial charge in [-0.3, -0.25) is 4.79 Å². The zero-order chi connectivity index (χ0) is 10.7. The first-order chi connectivity index (χ1) is 6.54. The van der Waals surface area contributed by atoms with E-state index < -0.39 is 0 Å². The molecule has 76 valence electrons. The summed E-state index contributed by atoms with van der Waals surface area (Å²) in [4.78, 5) is 15.1. The lowest BCUT2D eigenvalue weighted by atomic mass is 10.3. The van der Waals surface area contributed by atoms with E-state index in [0.29, 0.717) is 21.6 Å². The third-order valence-corrected chi connectivity index (χ3v) is 2.66. The van der Waals surface area contributed by atoms with Gasteiger partial charge in [-0.25, -0.2) is 4.98 Å². The quantitative estimate of drug-likeness (QED) is 0.853. The monoisotopic (exact) mass is 296 g/mol. The summed E-state index contributed by atoms with van der Waals surface area (Å²) in [5.74, 6) is 0.124. The molecule has 1 heterocycles. The SMILES string of the molecule is Cc1nc(NC(=O)CBr)c(Cl)cc1Cl. The summed E-state index contributed by atoms with van der Waals surface area (Å²) in [6, 6.07) is 1.55. The van der Waals surface area contributed by atoms with Crippen molar-refractivity contribution in [2.75, 3.05) is 10.6 Å². The summed E-state index contributed by atoms with van der Waals surface area (Å²) in [6.07, 6.45) is 0. The van der Waals surface area contributed by atoms with Crippen molar-refractivity contribution in [1.82, 2.24) is 4.98 Å². The van der Waals surface area contributed by atoms with Crippen LogP contribution in [0.1, 0.15) is 5.69 Å². The molecule has 14 heavy (non-hydrogen) atoms. The van der Waals surface area contributed by atoms with Crippen molar-refractivity contribution in [3.63, 3.8) is 0 Å². The highest BCUT2D eigenvalue weighted by atomic mass is 79.9. The standard InChI is InChI=1S/C8H7BrCl2N2O/c1-4-5(10)2-6(11)8(12-4)13-7(14)3-9/h2H,3H2,1H3,(H,12,13,14). The lowest BCUT2D eigenvalue weighted by Gasteiger charge is -2.06. The molecule has 0 radical (unpaired) electrons. The highest BCUT2D eigenvalue weighted by Gasteiger charge is 2.08. The number of nitrogens with zero attached hydrogens (tertiary/aromatic N) is 1. The van der Waals surface area contributed by atoms with Crippen LogP contribution in [0.4, 0.5) is 5.82 Å². The molecule has 0 aliphatic rings. The Labute approximate surface area is 99.9 Å². The van der Waals surface area contributed by atoms with Crippen molar-refractivity contribution < 1.29 is 4.79 Å². The van der Waals surface area contributed by atoms with Crippen LogP contribution in [0.3, 0.4) is 0 Å². The molecule has 0 unspecified atom stereocenters. The second-order valence-electron chi connectivity index (χ2n) is 2.57. The van der Waals surface area contributed by atoms with Crippen LogP contribution < -0.4 is 5.32 Å². The molecule has 1 N–H and O–H groups in total. The van der Waals surface area contributed by atoms with Crippen molar-refractivity contribution >= 4 is 50.9 Å². The second-order valence-corrected chi connectivity index (χ2v) is 3.94. The van der Waals surface area contributed by atoms with Crippen LogP contribution in [-0.2, 0) is 4.79 Å². The first kappa shape index (κ1) is 11.8. The molecule has 0 aromatic carbocycles. The number of hydrogen-bond acceptors (Lipinski definition) is 2. The molecule has 1 aromatic rings. The van der Waals surface area contributed by atoms with Gasteiger partial charge in [-0.2, -0.15) is 0 Å². The Morgan fingerprint density at radius 2 is 2.21 bits per heavy atom. The Kier molecular flexibility index (Phi) is 4.16. The van der Waals surface area contributed by atoms with Gasteiger partial charge in [-0.1, -0.05) is 39.1 Å². The fraction of sp³-hybridized carbons (Fsp3) is 0.250. The summed E-state index contributed by atoms with van der Waals surface area (Å²) in [6.45, 7) is 1.74. The molecule has 0 saturated heterocycles. The molecule has 0 atom stereocenters. The Bertz CT molecular complexity index is 371. The average molecular weight is 298 g/mol. The molecule has 1 rings (SSSR count). The Hall–Kier alpha value is -0.320. The molecule has 3 nitrogen and oxygen atoms in total. The minimum absolute atomic E-state index is 0.201. The van der Waals surface area contributed by atoms with Crippen LogP contribution in [0.2, 0.25) is 10.0 Å². The number of amides is 1. The average Bonchev–Trinajstić information content (AvgIpc) is 2.14. The molecule has 1 aromatic heterocycles. The number of anilines is 1. The molecule has 0 saturated carbocycles. The fourth-order valence-corrected chi connectivity index (χ4v) is 1.36. The summed E-state index contributed by atoms with van der Waals surface area (Å²) in [5.41, 5.74) is 0.626. The molecular weight excluding hydrogens is 291 g/mol. The van der Waals surface area contributed by atoms with Gasteiger partial charge in [-0.15, -0.1) is 0 Å². The first-order valence-corrected chi connectivity index (χ1v) is 5.60. The van der Waals surface area contributed by atoms with E-state index in [1.54, 1.807) is 13.0 Å². The molecule has 0 spiro atoms. The van der Waals surface area contributed by atoms with Crippen LogP contribution in [-0.4, -0.2) is 16.2 Å². The van der Waals surface area contributed by atoms with Gasteiger partial charge >= 0.3 is 0 Å². The minimum atomic E-state index is -0.207. The highest BCUT2D eigenvalue weighted by molar-refractivity contribution is 9.09. The van der Waals surface area contributed by atoms with Crippen molar-refractivity contribution in [3.05, 3.63) is 21.8 Å². The van der Waals surface area contributed by atoms with E-state index in [1.165, 1.54) is 0 Å². The number of hydrogen-bond donors (Lipinski definition) is 1. The van der Waals surface area contributed by atoms with Crippen LogP contribution in [0.15, 0.2) is 6.07 Å². The molecule has 6 heteroatoms. The van der Waals surface area contributed by atoms with E-state index in [1.807, 2.05) is 0 Å². The summed E-state index contributed by atoms with van der Waals surface area (Å²) < 4.78 is 0. The predicted octanol–water partition coefficient (Wildman–Crippen LogP) is 3.03. The molecule has 0 aliphatic carbocycles. The summed E-state index contributed by atoms with van der Waals surface area (Å²) in [5, 5.41) is 3.55. The normalized spacial score (nSPS) is 10.0. The molecule has 0 fully saturated rings. The van der Waals surface area contributed by atoms with E-state index in [4.69, 9.17) is 23.2 Å². The second kappa shape index (κ2) is 4.96. The van der Waals surface area contributed by atoms with E-state index in [2.05, 4.69) is 26.2 Å². The van der Waals surface area contributed by atoms with Gasteiger partial charge in [0.25, 0.3) is 0 Å². The number of halogens is 3. The van der Waals surface area contributed by atoms with E-state index in [9.17, 15) is 4.79 Å². The van der Waals surface area contributed by atoms with Crippen LogP contribution in [0.25, 0.3) is 0 Å². The zero-order valence-corrected chi connectivity index (χ0v) is 10.4. The number of rotatable bonds is 2. The van der Waals surface area contributed by atoms with Gasteiger partial charge in [-0.05, 0) is 13.0 Å². The number of aryl methyl sites for hydroxylation is 1. The maximum Gasteiger partial charge on any atom is 0.236 e. The van der Waals surface area contributed by atoms with E-state index in [-0.39, 0.29) is 11.2 Å². The Morgan fingerprint density at radius 3 is 2.79 bits per heavy atom. The summed E-state index contributed by atoms with van der Waals surface area (Å²) in [7, 11) is 0. The number of pyridine rings is 1. The number of carbonyl (C=O) groups is 1. The number of carbonyl (C=O) groups excluding carboxylic acids is 1. The number of aromatic nitrogens is 1. The van der Waals surface area contributed by atoms with Crippen LogP contribution >= 0.6 is 39.1 Å². The third kappa shape index (κ3) is 2.83. The number of nitrogens with one attached hydrogen (secondary N) is 1. The predicted molar refractivity (Wildman–Crippen MR) is 61.4 cm³/mol. The van der Waals surface area contributed by atoms with Gasteiger partial charge in [0.05, 0.1) is 21.1 Å². The van der Waals surface area contributed by atoms with Gasteiger partial charge in [0, 0.05) is 0 Å². The minimum Gasteiger partial charge on any atom is -0.309 e. The largest absolute Gasteiger partial charge is 0.309 e. The fourth-order valence-electron chi connectivity index (χ4n) is 0.812. The van der Waals surface area contributed by atoms with Crippen molar-refractivity contribution in [2.24, 2.45) is 0 Å². The molecular formula is C8H7BrCl2N2O. The Balaban J connectivity index is 2.98. The van der Waals surface area contributed by atoms with E-state index in [0.717, 1.165) is 0 Å². The highest BCUT2D eigenvalue weighted by Crippen LogP contribution is 2.25. The van der Waals surface area contributed by atoms with Crippen molar-refractivity contribution in [1.29, 1.82) is 0 Å².